The van der Waals surface area contributed by atoms with E-state index < -0.39 is 0 Å². The maximum Gasteiger partial charge on any atom is 0.285 e. The molecule has 1 aromatic heterocycles. The van der Waals surface area contributed by atoms with Crippen LogP contribution in [0, 0.1) is 0 Å². The van der Waals surface area contributed by atoms with Gasteiger partial charge >= 0.3 is 0 Å². The summed E-state index contributed by atoms with van der Waals surface area (Å²) in [5, 5.41) is 3.92. The van der Waals surface area contributed by atoms with Crippen LogP contribution in [0.3, 0.4) is 0 Å². The van der Waals surface area contributed by atoms with Crippen molar-refractivity contribution >= 4 is 12.1 Å². The van der Waals surface area contributed by atoms with E-state index in [-0.39, 0.29) is 5.91 Å². The molecule has 0 aliphatic rings. The molecule has 3 rings (SSSR count). The van der Waals surface area contributed by atoms with Gasteiger partial charge < -0.3 is 13.9 Å². The number of aryl methyl sites for hydroxylation is 1. The molecule has 0 spiro atoms. The zero-order valence-corrected chi connectivity index (χ0v) is 15.6. The number of hydrogen-bond acceptors (Lipinski definition) is 5. The number of carbonyl (C=O) groups is 1. The van der Waals surface area contributed by atoms with Gasteiger partial charge in [-0.1, -0.05) is 42.5 Å². The molecule has 0 aliphatic carbocycles. The quantitative estimate of drug-likeness (QED) is 0.452. The number of methoxy groups -OCH3 is 1. The minimum Gasteiger partial charge on any atom is -0.497 e. The highest BCUT2D eigenvalue weighted by atomic mass is 16.6. The Morgan fingerprint density at radius 3 is 2.57 bits per heavy atom. The Kier molecular flexibility index (Phi) is 6.84. The van der Waals surface area contributed by atoms with Crippen molar-refractivity contribution in [3.05, 3.63) is 83.6 Å². The van der Waals surface area contributed by atoms with Gasteiger partial charge in [-0.3, -0.25) is 4.79 Å². The van der Waals surface area contributed by atoms with E-state index in [1.165, 1.54) is 6.21 Å². The van der Waals surface area contributed by atoms with Crippen molar-refractivity contribution in [2.45, 2.75) is 19.4 Å². The minimum absolute atomic E-state index is 0.150. The Hall–Kier alpha value is -3.54. The summed E-state index contributed by atoms with van der Waals surface area (Å²) >= 11 is 0. The van der Waals surface area contributed by atoms with Crippen LogP contribution in [0.4, 0.5) is 0 Å². The van der Waals surface area contributed by atoms with E-state index in [0.29, 0.717) is 31.2 Å². The summed E-state index contributed by atoms with van der Waals surface area (Å²) in [7, 11) is 1.63. The summed E-state index contributed by atoms with van der Waals surface area (Å²) in [6.07, 6.45) is 2.49. The average molecular weight is 378 g/mol. The van der Waals surface area contributed by atoms with Gasteiger partial charge in [-0.25, -0.2) is 5.43 Å². The van der Waals surface area contributed by atoms with Crippen LogP contribution in [0.5, 0.6) is 11.7 Å². The van der Waals surface area contributed by atoms with Crippen LogP contribution in [0.15, 0.2) is 76.2 Å². The Balaban J connectivity index is 1.41. The smallest absolute Gasteiger partial charge is 0.285 e. The van der Waals surface area contributed by atoms with Crippen LogP contribution < -0.4 is 14.9 Å². The van der Waals surface area contributed by atoms with Crippen LogP contribution >= 0.6 is 0 Å². The zero-order valence-electron chi connectivity index (χ0n) is 15.6. The van der Waals surface area contributed by atoms with E-state index in [1.54, 1.807) is 19.2 Å². The maximum atomic E-state index is 11.8. The molecule has 0 radical (unpaired) electrons. The van der Waals surface area contributed by atoms with Crippen molar-refractivity contribution < 1.29 is 18.7 Å². The van der Waals surface area contributed by atoms with Crippen molar-refractivity contribution in [1.29, 1.82) is 0 Å². The fourth-order valence-electron chi connectivity index (χ4n) is 2.48. The molecule has 28 heavy (non-hydrogen) atoms. The first-order valence-electron chi connectivity index (χ1n) is 8.94. The molecule has 2 aromatic carbocycles. The van der Waals surface area contributed by atoms with Crippen molar-refractivity contribution in [1.82, 2.24) is 5.43 Å². The molecule has 0 unspecified atom stereocenters. The highest BCUT2D eigenvalue weighted by molar-refractivity contribution is 5.80. The molecule has 6 nitrogen and oxygen atoms in total. The highest BCUT2D eigenvalue weighted by Crippen LogP contribution is 2.17. The second-order valence-corrected chi connectivity index (χ2v) is 6.07. The number of rotatable bonds is 9. The third kappa shape index (κ3) is 6.02. The van der Waals surface area contributed by atoms with Gasteiger partial charge in [-0.05, 0) is 35.7 Å². The summed E-state index contributed by atoms with van der Waals surface area (Å²) in [4.78, 5) is 11.8. The minimum atomic E-state index is -0.150. The number of hydrogen-bond donors (Lipinski definition) is 1. The average Bonchev–Trinajstić information content (AvgIpc) is 3.19. The zero-order chi connectivity index (χ0) is 19.6. The summed E-state index contributed by atoms with van der Waals surface area (Å²) in [5.41, 5.74) is 4.61. The number of ether oxygens (including phenoxy) is 2. The number of furan rings is 1. The number of carbonyl (C=O) groups excluding carboxylic acids is 1. The second-order valence-electron chi connectivity index (χ2n) is 6.07. The van der Waals surface area contributed by atoms with Crippen molar-refractivity contribution in [3.8, 4) is 11.7 Å². The van der Waals surface area contributed by atoms with Gasteiger partial charge in [0.25, 0.3) is 5.95 Å². The fraction of sp³-hybridized carbons (Fsp3) is 0.182. The Morgan fingerprint density at radius 2 is 1.82 bits per heavy atom. The number of nitrogens with one attached hydrogen (secondary N) is 1. The van der Waals surface area contributed by atoms with Gasteiger partial charge in [0.05, 0.1) is 13.3 Å². The molecule has 0 aliphatic heterocycles. The van der Waals surface area contributed by atoms with E-state index in [1.807, 2.05) is 54.6 Å². The highest BCUT2D eigenvalue weighted by Gasteiger charge is 2.03. The van der Waals surface area contributed by atoms with Gasteiger partial charge in [0.15, 0.2) is 5.76 Å². The molecule has 0 fully saturated rings. The number of amides is 1. The number of nitrogens with zero attached hydrogens (tertiary/aromatic N) is 1. The van der Waals surface area contributed by atoms with E-state index >= 15 is 0 Å². The Labute approximate surface area is 163 Å². The molecule has 144 valence electrons. The predicted molar refractivity (Wildman–Crippen MR) is 107 cm³/mol. The molecule has 0 bridgehead atoms. The topological polar surface area (TPSA) is 73.1 Å². The van der Waals surface area contributed by atoms with Crippen molar-refractivity contribution in [2.75, 3.05) is 7.11 Å². The van der Waals surface area contributed by atoms with Gasteiger partial charge in [-0.2, -0.15) is 5.10 Å². The van der Waals surface area contributed by atoms with E-state index in [9.17, 15) is 4.79 Å². The van der Waals surface area contributed by atoms with E-state index in [4.69, 9.17) is 13.9 Å². The first-order chi connectivity index (χ1) is 13.7. The van der Waals surface area contributed by atoms with Crippen LogP contribution in [0.2, 0.25) is 0 Å². The van der Waals surface area contributed by atoms with Crippen LogP contribution in [0.25, 0.3) is 0 Å². The molecular weight excluding hydrogens is 356 g/mol. The molecule has 1 heterocycles. The van der Waals surface area contributed by atoms with Crippen molar-refractivity contribution in [2.24, 2.45) is 5.10 Å². The number of benzene rings is 2. The molecule has 1 amide bonds. The summed E-state index contributed by atoms with van der Waals surface area (Å²) in [5.74, 6) is 1.52. The van der Waals surface area contributed by atoms with Gasteiger partial charge in [0.2, 0.25) is 5.91 Å². The predicted octanol–water partition coefficient (Wildman–Crippen LogP) is 3.95. The maximum absolute atomic E-state index is 11.8. The van der Waals surface area contributed by atoms with Gasteiger partial charge in [0.1, 0.15) is 12.4 Å². The standard InChI is InChI=1S/C22H22N2O4/c1-26-19-10-7-18(8-11-19)16-27-22-14-12-20(28-22)15-23-24-21(25)13-9-17-5-3-2-4-6-17/h2-8,10-12,14-15H,9,13,16H2,1H3,(H,24,25)/b23-15-. The molecule has 0 atom stereocenters. The first-order valence-corrected chi connectivity index (χ1v) is 8.94. The summed E-state index contributed by atoms with van der Waals surface area (Å²) in [6.45, 7) is 0.379. The van der Waals surface area contributed by atoms with Crippen LogP contribution in [0.1, 0.15) is 23.3 Å². The molecule has 3 aromatic rings. The monoisotopic (exact) mass is 378 g/mol. The second kappa shape index (κ2) is 9.97. The SMILES string of the molecule is COc1ccc(COc2ccc(/C=N\NC(=O)CCc3ccccc3)o2)cc1. The third-order valence-electron chi connectivity index (χ3n) is 4.01. The van der Waals surface area contributed by atoms with Crippen molar-refractivity contribution in [3.63, 3.8) is 0 Å². The summed E-state index contributed by atoms with van der Waals surface area (Å²) < 4.78 is 16.2. The lowest BCUT2D eigenvalue weighted by Crippen LogP contribution is -2.17. The third-order valence-corrected chi connectivity index (χ3v) is 4.01. The largest absolute Gasteiger partial charge is 0.497 e. The Bertz CT molecular complexity index is 902. The van der Waals surface area contributed by atoms with Gasteiger partial charge in [0, 0.05) is 12.5 Å². The molecular formula is C22H22N2O4. The molecule has 0 saturated carbocycles. The first kappa shape index (κ1) is 19.2. The Morgan fingerprint density at radius 1 is 1.04 bits per heavy atom. The van der Waals surface area contributed by atoms with Gasteiger partial charge in [-0.15, -0.1) is 0 Å². The molecule has 0 saturated heterocycles. The normalized spacial score (nSPS) is 10.8. The van der Waals surface area contributed by atoms with E-state index in [0.717, 1.165) is 16.9 Å². The fourth-order valence-corrected chi connectivity index (χ4v) is 2.48. The number of hydrazone groups is 1. The molecule has 6 heteroatoms. The lowest BCUT2D eigenvalue weighted by Gasteiger charge is -2.04. The molecule has 1 N–H and O–H groups in total. The van der Waals surface area contributed by atoms with Crippen LogP contribution in [-0.4, -0.2) is 19.2 Å². The lowest BCUT2D eigenvalue weighted by atomic mass is 10.1. The lowest BCUT2D eigenvalue weighted by molar-refractivity contribution is -0.121. The van der Waals surface area contributed by atoms with E-state index in [2.05, 4.69) is 10.5 Å². The summed E-state index contributed by atoms with van der Waals surface area (Å²) in [6, 6.07) is 20.9. The van der Waals surface area contributed by atoms with Crippen LogP contribution in [-0.2, 0) is 17.8 Å².